The quantitative estimate of drug-likeness (QED) is 0.488. The molecule has 12 heavy (non-hydrogen) atoms. The first kappa shape index (κ1) is 9.46. The highest BCUT2D eigenvalue weighted by Crippen LogP contribution is 2.15. The van der Waals surface area contributed by atoms with Gasteiger partial charge in [-0.15, -0.1) is 0 Å². The largest absolute Gasteiger partial charge is 0.487 e. The molecule has 0 unspecified atom stereocenters. The molecular formula is C10H14OS. The highest BCUT2D eigenvalue weighted by molar-refractivity contribution is 7.80. The van der Waals surface area contributed by atoms with Gasteiger partial charge >= 0.3 is 0 Å². The molecular weight excluding hydrogens is 168 g/mol. The van der Waals surface area contributed by atoms with E-state index in [4.69, 9.17) is 17.0 Å². The third-order valence-electron chi connectivity index (χ3n) is 1.80. The minimum absolute atomic E-state index is 0.647. The Balaban J connectivity index is 1.99. The first-order valence-electron chi connectivity index (χ1n) is 4.27. The molecule has 0 aromatic heterocycles. The Hall–Kier alpha value is -0.630. The minimum Gasteiger partial charge on any atom is -0.487 e. The van der Waals surface area contributed by atoms with E-state index >= 15 is 0 Å². The number of ether oxygens (including phenoxy) is 1. The van der Waals surface area contributed by atoms with Crippen molar-refractivity contribution in [3.05, 3.63) is 23.8 Å². The molecule has 0 aliphatic heterocycles. The molecule has 0 saturated heterocycles. The van der Waals surface area contributed by atoms with E-state index in [1.54, 1.807) is 0 Å². The average molecular weight is 182 g/mol. The maximum atomic E-state index is 5.19. The van der Waals surface area contributed by atoms with Crippen LogP contribution in [0, 0.1) is 0 Å². The number of rotatable bonds is 4. The number of hydrogen-bond acceptors (Lipinski definition) is 2. The first-order chi connectivity index (χ1) is 5.79. The summed E-state index contributed by atoms with van der Waals surface area (Å²) in [7, 11) is 0. The van der Waals surface area contributed by atoms with Crippen LogP contribution in [0.25, 0.3) is 0 Å². The zero-order chi connectivity index (χ0) is 8.81. The summed E-state index contributed by atoms with van der Waals surface area (Å²) in [6, 6.07) is 0. The van der Waals surface area contributed by atoms with Crippen molar-refractivity contribution in [3.8, 4) is 0 Å². The molecule has 0 radical (unpaired) electrons. The van der Waals surface area contributed by atoms with Gasteiger partial charge in [0, 0.05) is 6.92 Å². The molecule has 1 rings (SSSR count). The molecule has 1 aliphatic carbocycles. The van der Waals surface area contributed by atoms with Crippen LogP contribution >= 0.6 is 12.2 Å². The maximum Gasteiger partial charge on any atom is 0.156 e. The molecule has 0 amide bonds. The van der Waals surface area contributed by atoms with Crippen LogP contribution in [0.4, 0.5) is 0 Å². The van der Waals surface area contributed by atoms with E-state index in [0.29, 0.717) is 5.05 Å². The van der Waals surface area contributed by atoms with Crippen molar-refractivity contribution in [1.29, 1.82) is 0 Å². The molecule has 2 heteroatoms. The molecule has 1 aliphatic rings. The highest BCUT2D eigenvalue weighted by Gasteiger charge is 1.98. The summed E-state index contributed by atoms with van der Waals surface area (Å²) in [6.07, 6.45) is 9.80. The summed E-state index contributed by atoms with van der Waals surface area (Å²) >= 11 is 4.79. The second-order valence-corrected chi connectivity index (χ2v) is 3.48. The van der Waals surface area contributed by atoms with Crippen LogP contribution in [0.1, 0.15) is 26.2 Å². The van der Waals surface area contributed by atoms with Gasteiger partial charge in [-0.1, -0.05) is 23.8 Å². The van der Waals surface area contributed by atoms with Crippen molar-refractivity contribution in [1.82, 2.24) is 0 Å². The lowest BCUT2D eigenvalue weighted by Crippen LogP contribution is -1.98. The standard InChI is InChI=1S/C10H14OS/c1-9(12)11-8-4-7-10-5-2-3-6-10/h2-3,5H,4,6-8H2,1H3. The van der Waals surface area contributed by atoms with Gasteiger partial charge in [0.25, 0.3) is 0 Å². The van der Waals surface area contributed by atoms with Crippen LogP contribution in [0.5, 0.6) is 0 Å². The van der Waals surface area contributed by atoms with Crippen LogP contribution in [0.15, 0.2) is 23.8 Å². The average Bonchev–Trinajstić information content (AvgIpc) is 2.49. The molecule has 0 bridgehead atoms. The van der Waals surface area contributed by atoms with Crippen molar-refractivity contribution in [2.24, 2.45) is 0 Å². The summed E-state index contributed by atoms with van der Waals surface area (Å²) in [6.45, 7) is 2.57. The Morgan fingerprint density at radius 1 is 1.67 bits per heavy atom. The Morgan fingerprint density at radius 3 is 3.08 bits per heavy atom. The molecule has 1 nitrogen and oxygen atoms in total. The van der Waals surface area contributed by atoms with Gasteiger partial charge < -0.3 is 4.74 Å². The number of allylic oxidation sites excluding steroid dienone is 4. The zero-order valence-electron chi connectivity index (χ0n) is 7.38. The van der Waals surface area contributed by atoms with Crippen LogP contribution in [-0.4, -0.2) is 11.7 Å². The Kier molecular flexibility index (Phi) is 4.01. The van der Waals surface area contributed by atoms with Crippen molar-refractivity contribution < 1.29 is 4.74 Å². The van der Waals surface area contributed by atoms with E-state index in [9.17, 15) is 0 Å². The van der Waals surface area contributed by atoms with Crippen molar-refractivity contribution in [2.75, 3.05) is 6.61 Å². The van der Waals surface area contributed by atoms with Gasteiger partial charge in [-0.05, 0) is 31.5 Å². The second-order valence-electron chi connectivity index (χ2n) is 2.90. The molecule has 0 spiro atoms. The smallest absolute Gasteiger partial charge is 0.156 e. The van der Waals surface area contributed by atoms with E-state index in [2.05, 4.69) is 18.2 Å². The molecule has 0 saturated carbocycles. The van der Waals surface area contributed by atoms with Gasteiger partial charge in [-0.3, -0.25) is 0 Å². The lowest BCUT2D eigenvalue weighted by Gasteiger charge is -2.03. The van der Waals surface area contributed by atoms with Crippen molar-refractivity contribution >= 4 is 17.3 Å². The molecule has 0 heterocycles. The Labute approximate surface area is 79.1 Å². The molecule has 0 aromatic carbocycles. The van der Waals surface area contributed by atoms with Gasteiger partial charge in [-0.2, -0.15) is 0 Å². The van der Waals surface area contributed by atoms with Crippen LogP contribution in [-0.2, 0) is 4.74 Å². The van der Waals surface area contributed by atoms with E-state index < -0.39 is 0 Å². The lowest BCUT2D eigenvalue weighted by atomic mass is 10.1. The van der Waals surface area contributed by atoms with Crippen LogP contribution < -0.4 is 0 Å². The maximum absolute atomic E-state index is 5.19. The molecule has 0 atom stereocenters. The summed E-state index contributed by atoms with van der Waals surface area (Å²) < 4.78 is 5.19. The SMILES string of the molecule is CC(=S)OCCCC1=CC=CC1. The fourth-order valence-corrected chi connectivity index (χ4v) is 1.28. The topological polar surface area (TPSA) is 9.23 Å². The number of hydrogen-bond donors (Lipinski definition) is 0. The van der Waals surface area contributed by atoms with Crippen molar-refractivity contribution in [2.45, 2.75) is 26.2 Å². The van der Waals surface area contributed by atoms with Gasteiger partial charge in [-0.25, -0.2) is 0 Å². The van der Waals surface area contributed by atoms with Crippen molar-refractivity contribution in [3.63, 3.8) is 0 Å². The number of thiocarbonyl (C=S) groups is 1. The second kappa shape index (κ2) is 5.09. The predicted molar refractivity (Wildman–Crippen MR) is 55.3 cm³/mol. The molecule has 0 aromatic rings. The molecule has 0 N–H and O–H groups in total. The fraction of sp³-hybridized carbons (Fsp3) is 0.500. The minimum atomic E-state index is 0.647. The van der Waals surface area contributed by atoms with Crippen LogP contribution in [0.2, 0.25) is 0 Å². The monoisotopic (exact) mass is 182 g/mol. The molecule has 0 fully saturated rings. The summed E-state index contributed by atoms with van der Waals surface area (Å²) in [4.78, 5) is 0. The fourth-order valence-electron chi connectivity index (χ4n) is 1.19. The normalized spacial score (nSPS) is 14.6. The Morgan fingerprint density at radius 2 is 2.50 bits per heavy atom. The van der Waals surface area contributed by atoms with E-state index in [0.717, 1.165) is 25.9 Å². The summed E-state index contributed by atoms with van der Waals surface area (Å²) in [5.41, 5.74) is 1.50. The summed E-state index contributed by atoms with van der Waals surface area (Å²) in [5.74, 6) is 0. The third-order valence-corrected chi connectivity index (χ3v) is 1.91. The highest BCUT2D eigenvalue weighted by atomic mass is 32.1. The van der Waals surface area contributed by atoms with Crippen LogP contribution in [0.3, 0.4) is 0 Å². The van der Waals surface area contributed by atoms with Gasteiger partial charge in [0.15, 0.2) is 5.05 Å². The van der Waals surface area contributed by atoms with E-state index in [1.165, 1.54) is 5.57 Å². The third kappa shape index (κ3) is 3.67. The molecule has 66 valence electrons. The first-order valence-corrected chi connectivity index (χ1v) is 4.68. The van der Waals surface area contributed by atoms with E-state index in [1.807, 2.05) is 6.92 Å². The van der Waals surface area contributed by atoms with Gasteiger partial charge in [0.05, 0.1) is 6.61 Å². The lowest BCUT2D eigenvalue weighted by molar-refractivity contribution is 0.304. The Bertz CT molecular complexity index is 216. The predicted octanol–water partition coefficient (Wildman–Crippen LogP) is 3.02. The van der Waals surface area contributed by atoms with Gasteiger partial charge in [0.2, 0.25) is 0 Å². The zero-order valence-corrected chi connectivity index (χ0v) is 8.19. The van der Waals surface area contributed by atoms with E-state index in [-0.39, 0.29) is 0 Å². The van der Waals surface area contributed by atoms with Gasteiger partial charge in [0.1, 0.15) is 0 Å². The summed E-state index contributed by atoms with van der Waals surface area (Å²) in [5, 5.41) is 0.647.